The Bertz CT molecular complexity index is 932. The third-order valence-electron chi connectivity index (χ3n) is 7.26. The number of amides is 1. The maximum atomic E-state index is 13.2. The van der Waals surface area contributed by atoms with Crippen LogP contribution in [0.5, 0.6) is 0 Å². The highest BCUT2D eigenvalue weighted by molar-refractivity contribution is 5.79. The van der Waals surface area contributed by atoms with Crippen LogP contribution in [0.1, 0.15) is 69.9 Å². The van der Waals surface area contributed by atoms with E-state index in [0.717, 1.165) is 19.3 Å². The van der Waals surface area contributed by atoms with Crippen LogP contribution < -0.4 is 0 Å². The van der Waals surface area contributed by atoms with Gasteiger partial charge >= 0.3 is 6.09 Å². The Balaban J connectivity index is 1.29. The molecule has 2 heterocycles. The Hall–Kier alpha value is -2.33. The van der Waals surface area contributed by atoms with Crippen LogP contribution in [0, 0.1) is 5.41 Å². The fraction of sp³-hybridized carbons (Fsp3) is 0.519. The summed E-state index contributed by atoms with van der Waals surface area (Å²) in [6, 6.07) is 17.0. The van der Waals surface area contributed by atoms with Crippen molar-refractivity contribution in [3.8, 4) is 11.1 Å². The minimum Gasteiger partial charge on any atom is -0.448 e. The topological polar surface area (TPSA) is 49.8 Å². The SMILES string of the molecule is CC(C)(C)CC1(O)CC2CCC(C1)N2C(=O)OCC1c2ccccc2-c2ccccc21. The van der Waals surface area contributed by atoms with Gasteiger partial charge in [0.05, 0.1) is 5.60 Å². The van der Waals surface area contributed by atoms with E-state index in [2.05, 4.69) is 69.3 Å². The molecule has 2 atom stereocenters. The number of hydrogen-bond acceptors (Lipinski definition) is 3. The first-order valence-corrected chi connectivity index (χ1v) is 11.6. The van der Waals surface area contributed by atoms with Crippen LogP contribution >= 0.6 is 0 Å². The lowest BCUT2D eigenvalue weighted by Gasteiger charge is -2.45. The van der Waals surface area contributed by atoms with E-state index in [9.17, 15) is 9.90 Å². The molecule has 4 heteroatoms. The van der Waals surface area contributed by atoms with Crippen molar-refractivity contribution in [2.24, 2.45) is 5.41 Å². The molecular weight excluding hydrogens is 386 g/mol. The van der Waals surface area contributed by atoms with Gasteiger partial charge in [-0.25, -0.2) is 4.79 Å². The van der Waals surface area contributed by atoms with E-state index in [1.54, 1.807) is 0 Å². The van der Waals surface area contributed by atoms with E-state index >= 15 is 0 Å². The Labute approximate surface area is 185 Å². The van der Waals surface area contributed by atoms with E-state index in [-0.39, 0.29) is 29.5 Å². The number of nitrogens with zero attached hydrogens (tertiary/aromatic N) is 1. The van der Waals surface area contributed by atoms with Gasteiger partial charge in [-0.05, 0) is 59.8 Å². The Morgan fingerprint density at radius 2 is 1.52 bits per heavy atom. The Kier molecular flexibility index (Phi) is 4.89. The van der Waals surface area contributed by atoms with Crippen molar-refractivity contribution in [1.82, 2.24) is 4.90 Å². The number of carbonyl (C=O) groups excluding carboxylic acids is 1. The lowest BCUT2D eigenvalue weighted by molar-refractivity contribution is -0.0702. The molecule has 31 heavy (non-hydrogen) atoms. The fourth-order valence-electron chi connectivity index (χ4n) is 6.42. The molecule has 2 aliphatic heterocycles. The van der Waals surface area contributed by atoms with Gasteiger partial charge < -0.3 is 14.7 Å². The van der Waals surface area contributed by atoms with Crippen LogP contribution in [-0.2, 0) is 4.74 Å². The molecular formula is C27H33NO3. The maximum absolute atomic E-state index is 13.2. The van der Waals surface area contributed by atoms with Crippen LogP contribution in [0.3, 0.4) is 0 Å². The molecule has 2 bridgehead atoms. The van der Waals surface area contributed by atoms with Gasteiger partial charge in [0.1, 0.15) is 6.61 Å². The van der Waals surface area contributed by atoms with E-state index in [4.69, 9.17) is 4.74 Å². The molecule has 2 aromatic carbocycles. The summed E-state index contributed by atoms with van der Waals surface area (Å²) >= 11 is 0. The molecule has 0 aromatic heterocycles. The largest absolute Gasteiger partial charge is 0.448 e. The molecule has 1 aliphatic carbocycles. The number of benzene rings is 2. The van der Waals surface area contributed by atoms with Crippen LogP contribution in [0.25, 0.3) is 11.1 Å². The van der Waals surface area contributed by atoms with E-state index < -0.39 is 5.60 Å². The van der Waals surface area contributed by atoms with E-state index in [1.165, 1.54) is 22.3 Å². The quantitative estimate of drug-likeness (QED) is 0.691. The van der Waals surface area contributed by atoms with Crippen molar-refractivity contribution >= 4 is 6.09 Å². The smallest absolute Gasteiger partial charge is 0.410 e. The predicted molar refractivity (Wildman–Crippen MR) is 122 cm³/mol. The third kappa shape index (κ3) is 3.76. The normalized spacial score (nSPS) is 27.2. The molecule has 3 aliphatic rings. The minimum atomic E-state index is -0.676. The van der Waals surface area contributed by atoms with E-state index in [1.807, 2.05) is 4.90 Å². The van der Waals surface area contributed by atoms with Gasteiger partial charge in [-0.15, -0.1) is 0 Å². The van der Waals surface area contributed by atoms with Crippen molar-refractivity contribution < 1.29 is 14.6 Å². The van der Waals surface area contributed by atoms with Gasteiger partial charge in [0.2, 0.25) is 0 Å². The first-order valence-electron chi connectivity index (χ1n) is 11.6. The van der Waals surface area contributed by atoms with Crippen molar-refractivity contribution in [2.45, 2.75) is 76.5 Å². The first-order chi connectivity index (χ1) is 14.7. The monoisotopic (exact) mass is 419 g/mol. The van der Waals surface area contributed by atoms with Crippen molar-refractivity contribution in [1.29, 1.82) is 0 Å². The number of hydrogen-bond donors (Lipinski definition) is 1. The summed E-state index contributed by atoms with van der Waals surface area (Å²) in [6.07, 6.45) is 3.79. The number of aliphatic hydroxyl groups is 1. The fourth-order valence-corrected chi connectivity index (χ4v) is 6.42. The average molecular weight is 420 g/mol. The zero-order valence-corrected chi connectivity index (χ0v) is 18.8. The molecule has 2 saturated heterocycles. The molecule has 0 radical (unpaired) electrons. The third-order valence-corrected chi connectivity index (χ3v) is 7.26. The second kappa shape index (κ2) is 7.37. The minimum absolute atomic E-state index is 0.0696. The van der Waals surface area contributed by atoms with Crippen LogP contribution in [-0.4, -0.2) is 40.4 Å². The molecule has 1 N–H and O–H groups in total. The zero-order chi connectivity index (χ0) is 21.8. The molecule has 0 saturated carbocycles. The van der Waals surface area contributed by atoms with Crippen molar-refractivity contribution in [2.75, 3.05) is 6.61 Å². The van der Waals surface area contributed by atoms with E-state index in [0.29, 0.717) is 19.4 Å². The number of carbonyl (C=O) groups is 1. The van der Waals surface area contributed by atoms with Gasteiger partial charge in [0.25, 0.3) is 0 Å². The summed E-state index contributed by atoms with van der Waals surface area (Å²) in [5, 5.41) is 11.2. The highest BCUT2D eigenvalue weighted by atomic mass is 16.6. The number of rotatable bonds is 3. The molecule has 2 unspecified atom stereocenters. The molecule has 4 nitrogen and oxygen atoms in total. The highest BCUT2D eigenvalue weighted by Gasteiger charge is 2.51. The second-order valence-electron chi connectivity index (χ2n) is 11.0. The molecule has 2 fully saturated rings. The lowest BCUT2D eigenvalue weighted by atomic mass is 9.75. The molecule has 0 spiro atoms. The van der Waals surface area contributed by atoms with Crippen molar-refractivity contribution in [3.63, 3.8) is 0 Å². The average Bonchev–Trinajstić information content (AvgIpc) is 3.17. The summed E-state index contributed by atoms with van der Waals surface area (Å²) in [5.74, 6) is 0.0802. The number of fused-ring (bicyclic) bond motifs is 5. The molecule has 2 aromatic rings. The standard InChI is InChI=1S/C27H33NO3/c1-26(2,3)17-27(30)14-18-12-13-19(15-27)28(18)25(29)31-16-24-22-10-6-4-8-20(22)21-9-5-7-11-23(21)24/h4-11,18-19,24,30H,12-17H2,1-3H3. The molecule has 164 valence electrons. The number of ether oxygens (including phenoxy) is 1. The molecule has 5 rings (SSSR count). The summed E-state index contributed by atoms with van der Waals surface area (Å²) in [5.41, 5.74) is 4.34. The van der Waals surface area contributed by atoms with Gasteiger partial charge in [-0.2, -0.15) is 0 Å². The number of piperidine rings is 1. The maximum Gasteiger partial charge on any atom is 0.410 e. The summed E-state index contributed by atoms with van der Waals surface area (Å²) < 4.78 is 5.93. The second-order valence-corrected chi connectivity index (χ2v) is 11.0. The van der Waals surface area contributed by atoms with Gasteiger partial charge in [0, 0.05) is 18.0 Å². The zero-order valence-electron chi connectivity index (χ0n) is 18.8. The van der Waals surface area contributed by atoms with Crippen LogP contribution in [0.4, 0.5) is 4.79 Å². The summed E-state index contributed by atoms with van der Waals surface area (Å²) in [7, 11) is 0. The van der Waals surface area contributed by atoms with Crippen LogP contribution in [0.2, 0.25) is 0 Å². The van der Waals surface area contributed by atoms with Crippen LogP contribution in [0.15, 0.2) is 48.5 Å². The Morgan fingerprint density at radius 1 is 1.00 bits per heavy atom. The van der Waals surface area contributed by atoms with Gasteiger partial charge in [0.15, 0.2) is 0 Å². The van der Waals surface area contributed by atoms with Gasteiger partial charge in [-0.1, -0.05) is 69.3 Å². The summed E-state index contributed by atoms with van der Waals surface area (Å²) in [4.78, 5) is 15.1. The van der Waals surface area contributed by atoms with Gasteiger partial charge in [-0.3, -0.25) is 0 Å². The highest BCUT2D eigenvalue weighted by Crippen LogP contribution is 2.47. The Morgan fingerprint density at radius 3 is 2.03 bits per heavy atom. The lowest BCUT2D eigenvalue weighted by Crippen LogP contribution is -2.54. The predicted octanol–water partition coefficient (Wildman–Crippen LogP) is 5.73. The van der Waals surface area contributed by atoms with Crippen molar-refractivity contribution in [3.05, 3.63) is 59.7 Å². The molecule has 1 amide bonds. The first kappa shape index (κ1) is 20.6. The summed E-state index contributed by atoms with van der Waals surface area (Å²) in [6.45, 7) is 6.87.